The number of nitrogens with zero attached hydrogens (tertiary/aromatic N) is 1. The van der Waals surface area contributed by atoms with E-state index in [1.165, 1.54) is 11.1 Å². The van der Waals surface area contributed by atoms with E-state index < -0.39 is 0 Å². The third kappa shape index (κ3) is 1.94. The summed E-state index contributed by atoms with van der Waals surface area (Å²) in [6.07, 6.45) is 2.89. The van der Waals surface area contributed by atoms with E-state index >= 15 is 0 Å². The summed E-state index contributed by atoms with van der Waals surface area (Å²) in [5.74, 6) is 0. The van der Waals surface area contributed by atoms with Gasteiger partial charge in [0.1, 0.15) is 6.04 Å². The summed E-state index contributed by atoms with van der Waals surface area (Å²) in [6.45, 7) is 0. The van der Waals surface area contributed by atoms with E-state index in [9.17, 15) is 0 Å². The monoisotopic (exact) mass is 221 g/mol. The van der Waals surface area contributed by atoms with Crippen molar-refractivity contribution in [1.82, 2.24) is 5.32 Å². The normalized spacial score (nSPS) is 22.4. The maximum atomic E-state index is 4.40. The molecule has 0 saturated carbocycles. The molecule has 0 fully saturated rings. The van der Waals surface area contributed by atoms with Crippen LogP contribution in [0, 0.1) is 0 Å². The van der Waals surface area contributed by atoms with Gasteiger partial charge in [0, 0.05) is 0 Å². The maximum Gasteiger partial charge on any atom is 0.165 e. The Morgan fingerprint density at radius 3 is 2.06 bits per heavy atom. The van der Waals surface area contributed by atoms with Crippen molar-refractivity contribution < 1.29 is 0 Å². The summed E-state index contributed by atoms with van der Waals surface area (Å²) in [5, 5.41) is 3.20. The molecule has 0 bridgehead atoms. The Morgan fingerprint density at radius 1 is 0.824 bits per heavy atom. The van der Waals surface area contributed by atoms with E-state index in [0.29, 0.717) is 0 Å². The highest BCUT2D eigenvalue weighted by molar-refractivity contribution is 5.60. The number of benzene rings is 2. The zero-order valence-corrected chi connectivity index (χ0v) is 9.38. The van der Waals surface area contributed by atoms with Gasteiger partial charge in [0.25, 0.3) is 0 Å². The molecule has 3 rings (SSSR count). The number of nitrogens with one attached hydrogen (secondary N) is 1. The first-order valence-corrected chi connectivity index (χ1v) is 5.75. The molecule has 2 aromatic carbocycles. The minimum Gasteiger partial charge on any atom is -0.358 e. The lowest BCUT2D eigenvalue weighted by atomic mass is 9.95. The second-order valence-electron chi connectivity index (χ2n) is 4.13. The Morgan fingerprint density at radius 2 is 1.41 bits per heavy atom. The lowest BCUT2D eigenvalue weighted by Gasteiger charge is -2.18. The van der Waals surface area contributed by atoms with Gasteiger partial charge >= 0.3 is 0 Å². The van der Waals surface area contributed by atoms with Crippen LogP contribution in [0.15, 0.2) is 65.7 Å². The standard InChI is InChI=1S/C15H13N2/c1-3-7-12(8-4-1)14-15(17-11-16-14)13-9-5-2-6-10-13/h1-10,14-15H,(H,16,17)/t14-,15?/m1/s1. The van der Waals surface area contributed by atoms with Gasteiger partial charge in [-0.2, -0.15) is 0 Å². The molecule has 1 aliphatic heterocycles. The van der Waals surface area contributed by atoms with Crippen LogP contribution in [0.2, 0.25) is 0 Å². The van der Waals surface area contributed by atoms with Gasteiger partial charge in [-0.15, -0.1) is 0 Å². The Bertz CT molecular complexity index is 505. The van der Waals surface area contributed by atoms with Crippen molar-refractivity contribution in [3.63, 3.8) is 0 Å². The molecule has 2 nitrogen and oxygen atoms in total. The van der Waals surface area contributed by atoms with Crippen LogP contribution in [0.4, 0.5) is 0 Å². The summed E-state index contributed by atoms with van der Waals surface area (Å²) >= 11 is 0. The molecule has 17 heavy (non-hydrogen) atoms. The van der Waals surface area contributed by atoms with Crippen molar-refractivity contribution in [3.05, 3.63) is 71.8 Å². The molecule has 0 aromatic heterocycles. The molecular weight excluding hydrogens is 208 g/mol. The molecule has 83 valence electrons. The van der Waals surface area contributed by atoms with Crippen LogP contribution in [0.3, 0.4) is 0 Å². The molecule has 1 N–H and O–H groups in total. The molecule has 1 radical (unpaired) electrons. The molecular formula is C15H13N2. The number of hydrogen-bond donors (Lipinski definition) is 1. The van der Waals surface area contributed by atoms with Crippen LogP contribution in [-0.4, -0.2) is 6.34 Å². The fourth-order valence-electron chi connectivity index (χ4n) is 2.17. The molecule has 2 heteroatoms. The first-order valence-electron chi connectivity index (χ1n) is 5.75. The first kappa shape index (κ1) is 10.1. The van der Waals surface area contributed by atoms with Crippen LogP contribution in [0.5, 0.6) is 0 Å². The Hall–Kier alpha value is -2.09. The largest absolute Gasteiger partial charge is 0.358 e. The van der Waals surface area contributed by atoms with Gasteiger partial charge in [0.2, 0.25) is 0 Å². The van der Waals surface area contributed by atoms with Crippen LogP contribution >= 0.6 is 0 Å². The summed E-state index contributed by atoms with van der Waals surface area (Å²) in [5.41, 5.74) is 2.47. The van der Waals surface area contributed by atoms with Crippen molar-refractivity contribution in [1.29, 1.82) is 0 Å². The lowest BCUT2D eigenvalue weighted by molar-refractivity contribution is 0.573. The maximum absolute atomic E-state index is 4.40. The van der Waals surface area contributed by atoms with E-state index in [0.717, 1.165) is 0 Å². The molecule has 0 aliphatic carbocycles. The number of hydrogen-bond acceptors (Lipinski definition) is 2. The van der Waals surface area contributed by atoms with Crippen molar-refractivity contribution >= 4 is 6.34 Å². The van der Waals surface area contributed by atoms with Crippen LogP contribution < -0.4 is 5.32 Å². The zero-order chi connectivity index (χ0) is 11.5. The SMILES string of the molecule is [C]1=N[C@H](c2ccccc2)C(c2ccccc2)N1. The second kappa shape index (κ2) is 4.42. The smallest absolute Gasteiger partial charge is 0.165 e. The number of aliphatic imine (C=N–C) groups is 1. The molecule has 1 aliphatic rings. The van der Waals surface area contributed by atoms with E-state index in [1.807, 2.05) is 24.3 Å². The third-order valence-corrected chi connectivity index (χ3v) is 3.04. The quantitative estimate of drug-likeness (QED) is 0.828. The second-order valence-corrected chi connectivity index (χ2v) is 4.13. The molecule has 2 aromatic rings. The Labute approximate surface area is 101 Å². The molecule has 0 saturated heterocycles. The van der Waals surface area contributed by atoms with Gasteiger partial charge in [-0.05, 0) is 11.1 Å². The molecule has 2 atom stereocenters. The highest BCUT2D eigenvalue weighted by Crippen LogP contribution is 2.34. The summed E-state index contributed by atoms with van der Waals surface area (Å²) in [7, 11) is 0. The van der Waals surface area contributed by atoms with Crippen molar-refractivity contribution in [2.24, 2.45) is 4.99 Å². The Kier molecular flexibility index (Phi) is 2.62. The molecule has 0 amide bonds. The highest BCUT2D eigenvalue weighted by Gasteiger charge is 2.26. The fourth-order valence-corrected chi connectivity index (χ4v) is 2.17. The predicted octanol–water partition coefficient (Wildman–Crippen LogP) is 2.98. The van der Waals surface area contributed by atoms with Crippen LogP contribution in [0.1, 0.15) is 23.2 Å². The van der Waals surface area contributed by atoms with Crippen LogP contribution in [0.25, 0.3) is 0 Å². The minimum atomic E-state index is 0.124. The zero-order valence-electron chi connectivity index (χ0n) is 9.38. The Balaban J connectivity index is 1.93. The first-order chi connectivity index (χ1) is 8.45. The summed E-state index contributed by atoms with van der Waals surface area (Å²) < 4.78 is 0. The van der Waals surface area contributed by atoms with E-state index in [4.69, 9.17) is 0 Å². The molecule has 1 heterocycles. The summed E-state index contributed by atoms with van der Waals surface area (Å²) in [4.78, 5) is 4.40. The van der Waals surface area contributed by atoms with Crippen molar-refractivity contribution in [3.8, 4) is 0 Å². The van der Waals surface area contributed by atoms with E-state index in [2.05, 4.69) is 53.0 Å². The lowest BCUT2D eigenvalue weighted by Crippen LogP contribution is -2.18. The average molecular weight is 221 g/mol. The third-order valence-electron chi connectivity index (χ3n) is 3.04. The van der Waals surface area contributed by atoms with Gasteiger partial charge in [-0.3, -0.25) is 4.99 Å². The predicted molar refractivity (Wildman–Crippen MR) is 68.9 cm³/mol. The highest BCUT2D eigenvalue weighted by atomic mass is 15.1. The van der Waals surface area contributed by atoms with E-state index in [1.54, 1.807) is 0 Å². The van der Waals surface area contributed by atoms with Gasteiger partial charge in [0.15, 0.2) is 6.34 Å². The fraction of sp³-hybridized carbons (Fsp3) is 0.133. The molecule has 0 spiro atoms. The van der Waals surface area contributed by atoms with Crippen molar-refractivity contribution in [2.45, 2.75) is 12.1 Å². The topological polar surface area (TPSA) is 24.4 Å². The van der Waals surface area contributed by atoms with Gasteiger partial charge < -0.3 is 5.32 Å². The average Bonchev–Trinajstić information content (AvgIpc) is 2.90. The minimum absolute atomic E-state index is 0.124. The summed E-state index contributed by atoms with van der Waals surface area (Å²) in [6, 6.07) is 21.0. The van der Waals surface area contributed by atoms with E-state index in [-0.39, 0.29) is 12.1 Å². The van der Waals surface area contributed by atoms with Crippen LogP contribution in [-0.2, 0) is 0 Å². The van der Waals surface area contributed by atoms with Crippen molar-refractivity contribution in [2.75, 3.05) is 0 Å². The van der Waals surface area contributed by atoms with Gasteiger partial charge in [0.05, 0.1) is 6.04 Å². The van der Waals surface area contributed by atoms with Gasteiger partial charge in [-0.1, -0.05) is 60.7 Å². The van der Waals surface area contributed by atoms with Gasteiger partial charge in [-0.25, -0.2) is 0 Å². The number of rotatable bonds is 2. The molecule has 1 unspecified atom stereocenters.